The number of amidine groups is 1. The summed E-state index contributed by atoms with van der Waals surface area (Å²) in [6, 6.07) is 13.0. The van der Waals surface area contributed by atoms with Crippen molar-refractivity contribution in [2.75, 3.05) is 13.7 Å². The first kappa shape index (κ1) is 18.4. The molecule has 1 aliphatic rings. The molecule has 134 valence electrons. The lowest BCUT2D eigenvalue weighted by molar-refractivity contribution is -0.115. The van der Waals surface area contributed by atoms with Crippen LogP contribution in [0.3, 0.4) is 0 Å². The molecule has 1 fully saturated rings. The molecule has 0 spiro atoms. The number of halogens is 1. The summed E-state index contributed by atoms with van der Waals surface area (Å²) in [5.41, 5.74) is 1.53. The average Bonchev–Trinajstić information content (AvgIpc) is 2.95. The third kappa shape index (κ3) is 4.20. The number of hydrogen-bond acceptors (Lipinski definition) is 5. The lowest BCUT2D eigenvalue weighted by Gasteiger charge is -2.11. The van der Waals surface area contributed by atoms with E-state index in [0.717, 1.165) is 11.3 Å². The first-order chi connectivity index (χ1) is 12.6. The number of amides is 1. The zero-order chi connectivity index (χ0) is 18.5. The number of nitrogens with zero attached hydrogens (tertiary/aromatic N) is 1. The maximum Gasteiger partial charge on any atom is 0.264 e. The fraction of sp³-hybridized carbons (Fsp3) is 0.158. The van der Waals surface area contributed by atoms with Gasteiger partial charge in [0.15, 0.2) is 16.7 Å². The summed E-state index contributed by atoms with van der Waals surface area (Å²) in [5, 5.41) is 3.73. The van der Waals surface area contributed by atoms with Crippen LogP contribution in [-0.2, 0) is 4.79 Å². The van der Waals surface area contributed by atoms with Crippen molar-refractivity contribution in [3.63, 3.8) is 0 Å². The van der Waals surface area contributed by atoms with Crippen LogP contribution in [0.5, 0.6) is 11.5 Å². The molecule has 0 unspecified atom stereocenters. The molecule has 7 heteroatoms. The van der Waals surface area contributed by atoms with Crippen molar-refractivity contribution in [3.8, 4) is 11.5 Å². The molecule has 26 heavy (non-hydrogen) atoms. The maximum atomic E-state index is 12.2. The number of benzene rings is 2. The molecule has 1 N–H and O–H groups in total. The monoisotopic (exact) mass is 388 g/mol. The van der Waals surface area contributed by atoms with Crippen LogP contribution in [0, 0.1) is 0 Å². The quantitative estimate of drug-likeness (QED) is 0.758. The van der Waals surface area contributed by atoms with Gasteiger partial charge in [0, 0.05) is 0 Å². The molecule has 0 bridgehead atoms. The number of rotatable bonds is 5. The Labute approximate surface area is 161 Å². The highest BCUT2D eigenvalue weighted by molar-refractivity contribution is 8.18. The molecule has 0 atom stereocenters. The summed E-state index contributed by atoms with van der Waals surface area (Å²) in [6.45, 7) is 2.36. The molecule has 5 nitrogen and oxygen atoms in total. The Balaban J connectivity index is 1.88. The summed E-state index contributed by atoms with van der Waals surface area (Å²) in [7, 11) is 1.54. The fourth-order valence-electron chi connectivity index (χ4n) is 2.38. The van der Waals surface area contributed by atoms with Gasteiger partial charge in [-0.3, -0.25) is 4.79 Å². The van der Waals surface area contributed by atoms with Crippen molar-refractivity contribution in [3.05, 3.63) is 58.0 Å². The van der Waals surface area contributed by atoms with Gasteiger partial charge in [0.1, 0.15) is 0 Å². The normalized spacial score (nSPS) is 16.8. The first-order valence-electron chi connectivity index (χ1n) is 7.95. The number of para-hydroxylation sites is 1. The molecular weight excluding hydrogens is 372 g/mol. The minimum absolute atomic E-state index is 0.199. The van der Waals surface area contributed by atoms with Crippen molar-refractivity contribution < 1.29 is 14.3 Å². The SMILES string of the molecule is CCOc1cc(/C=C2\SC(=Nc3ccccc3)NC2=O)cc(Cl)c1OC. The number of ether oxygens (including phenoxy) is 2. The standard InChI is InChI=1S/C19H17ClN2O3S/c1-3-25-15-10-12(9-14(20)17(15)24-2)11-16-18(23)22-19(26-16)21-13-7-5-4-6-8-13/h4-11H,3H2,1-2H3,(H,21,22,23)/b16-11-. The van der Waals surface area contributed by atoms with E-state index in [9.17, 15) is 4.79 Å². The Morgan fingerprint density at radius 1 is 1.27 bits per heavy atom. The summed E-state index contributed by atoms with van der Waals surface area (Å²) < 4.78 is 10.8. The van der Waals surface area contributed by atoms with E-state index in [2.05, 4.69) is 10.3 Å². The lowest BCUT2D eigenvalue weighted by Crippen LogP contribution is -2.19. The Morgan fingerprint density at radius 2 is 2.04 bits per heavy atom. The maximum absolute atomic E-state index is 12.2. The molecule has 1 amide bonds. The van der Waals surface area contributed by atoms with E-state index in [1.165, 1.54) is 18.9 Å². The topological polar surface area (TPSA) is 59.9 Å². The van der Waals surface area contributed by atoms with Crippen LogP contribution in [0.2, 0.25) is 5.02 Å². The van der Waals surface area contributed by atoms with Gasteiger partial charge in [0.2, 0.25) is 0 Å². The molecule has 0 aromatic heterocycles. The highest BCUT2D eigenvalue weighted by atomic mass is 35.5. The van der Waals surface area contributed by atoms with Crippen LogP contribution in [0.15, 0.2) is 52.4 Å². The molecule has 1 saturated heterocycles. The minimum atomic E-state index is -0.199. The minimum Gasteiger partial charge on any atom is -0.491 e. The molecule has 1 aliphatic heterocycles. The molecule has 0 aliphatic carbocycles. The Kier molecular flexibility index (Phi) is 5.85. The van der Waals surface area contributed by atoms with Gasteiger partial charge in [0.05, 0.1) is 29.3 Å². The Hall–Kier alpha value is -2.44. The summed E-state index contributed by atoms with van der Waals surface area (Å²) in [4.78, 5) is 17.2. The van der Waals surface area contributed by atoms with E-state index in [4.69, 9.17) is 21.1 Å². The summed E-state index contributed by atoms with van der Waals surface area (Å²) >= 11 is 7.54. The number of nitrogens with one attached hydrogen (secondary N) is 1. The van der Waals surface area contributed by atoms with Crippen molar-refractivity contribution >= 4 is 46.2 Å². The largest absolute Gasteiger partial charge is 0.491 e. The molecule has 2 aromatic rings. The van der Waals surface area contributed by atoms with Gasteiger partial charge in [-0.05, 0) is 54.6 Å². The van der Waals surface area contributed by atoms with Crippen molar-refractivity contribution in [1.82, 2.24) is 5.32 Å². The third-order valence-corrected chi connectivity index (χ3v) is 4.66. The molecular formula is C19H17ClN2O3S. The zero-order valence-electron chi connectivity index (χ0n) is 14.3. The van der Waals surface area contributed by atoms with Gasteiger partial charge in [-0.15, -0.1) is 0 Å². The molecule has 0 radical (unpaired) electrons. The van der Waals surface area contributed by atoms with Crippen molar-refractivity contribution in [2.24, 2.45) is 4.99 Å². The summed E-state index contributed by atoms with van der Waals surface area (Å²) in [6.07, 6.45) is 1.75. The van der Waals surface area contributed by atoms with E-state index >= 15 is 0 Å². The number of hydrogen-bond donors (Lipinski definition) is 1. The fourth-order valence-corrected chi connectivity index (χ4v) is 3.52. The van der Waals surface area contributed by atoms with Crippen LogP contribution in [0.25, 0.3) is 6.08 Å². The first-order valence-corrected chi connectivity index (χ1v) is 9.15. The second kappa shape index (κ2) is 8.29. The highest BCUT2D eigenvalue weighted by Gasteiger charge is 2.24. The van der Waals surface area contributed by atoms with Crippen LogP contribution in [-0.4, -0.2) is 24.8 Å². The number of thioether (sulfide) groups is 1. The van der Waals surface area contributed by atoms with Gasteiger partial charge in [0.25, 0.3) is 5.91 Å². The lowest BCUT2D eigenvalue weighted by atomic mass is 10.2. The van der Waals surface area contributed by atoms with Crippen LogP contribution >= 0.6 is 23.4 Å². The molecule has 2 aromatic carbocycles. The van der Waals surface area contributed by atoms with E-state index in [0.29, 0.717) is 33.2 Å². The van der Waals surface area contributed by atoms with E-state index in [1.807, 2.05) is 37.3 Å². The van der Waals surface area contributed by atoms with Crippen molar-refractivity contribution in [1.29, 1.82) is 0 Å². The average molecular weight is 389 g/mol. The zero-order valence-corrected chi connectivity index (χ0v) is 15.9. The number of aliphatic imine (C=N–C) groups is 1. The predicted molar refractivity (Wildman–Crippen MR) is 106 cm³/mol. The van der Waals surface area contributed by atoms with Gasteiger partial charge in [-0.25, -0.2) is 4.99 Å². The number of carbonyl (C=O) groups excluding carboxylic acids is 1. The van der Waals surface area contributed by atoms with E-state index < -0.39 is 0 Å². The molecule has 0 saturated carbocycles. The van der Waals surface area contributed by atoms with Crippen molar-refractivity contribution in [2.45, 2.75) is 6.92 Å². The third-order valence-electron chi connectivity index (χ3n) is 3.47. The van der Waals surface area contributed by atoms with Crippen LogP contribution < -0.4 is 14.8 Å². The Morgan fingerprint density at radius 3 is 2.73 bits per heavy atom. The van der Waals surface area contributed by atoms with Crippen LogP contribution in [0.1, 0.15) is 12.5 Å². The van der Waals surface area contributed by atoms with Gasteiger partial charge in [-0.1, -0.05) is 29.8 Å². The highest BCUT2D eigenvalue weighted by Crippen LogP contribution is 2.38. The van der Waals surface area contributed by atoms with Gasteiger partial charge < -0.3 is 14.8 Å². The smallest absolute Gasteiger partial charge is 0.264 e. The second-order valence-corrected chi connectivity index (χ2v) is 6.72. The molecule has 1 heterocycles. The number of methoxy groups -OCH3 is 1. The number of carbonyl (C=O) groups is 1. The Bertz CT molecular complexity index is 882. The van der Waals surface area contributed by atoms with E-state index in [-0.39, 0.29) is 5.91 Å². The van der Waals surface area contributed by atoms with Gasteiger partial charge in [-0.2, -0.15) is 0 Å². The van der Waals surface area contributed by atoms with E-state index in [1.54, 1.807) is 18.2 Å². The predicted octanol–water partition coefficient (Wildman–Crippen LogP) is 4.64. The van der Waals surface area contributed by atoms with Gasteiger partial charge >= 0.3 is 0 Å². The molecule has 3 rings (SSSR count). The van der Waals surface area contributed by atoms with Crippen LogP contribution in [0.4, 0.5) is 5.69 Å². The second-order valence-electron chi connectivity index (χ2n) is 5.28. The summed E-state index contributed by atoms with van der Waals surface area (Å²) in [5.74, 6) is 0.816.